The number of nitrogens with one attached hydrogen (secondary N) is 1. The predicted molar refractivity (Wildman–Crippen MR) is 119 cm³/mol. The van der Waals surface area contributed by atoms with Crippen LogP contribution in [-0.4, -0.2) is 24.3 Å². The van der Waals surface area contributed by atoms with Crippen molar-refractivity contribution in [3.63, 3.8) is 0 Å². The summed E-state index contributed by atoms with van der Waals surface area (Å²) in [6.45, 7) is 5.19. The van der Waals surface area contributed by atoms with Gasteiger partial charge in [0, 0.05) is 11.1 Å². The summed E-state index contributed by atoms with van der Waals surface area (Å²) in [5, 5.41) is 2.80. The van der Waals surface area contributed by atoms with E-state index in [0.29, 0.717) is 5.56 Å². The third-order valence-electron chi connectivity index (χ3n) is 5.04. The van der Waals surface area contributed by atoms with Gasteiger partial charge in [-0.15, -0.1) is 0 Å². The van der Waals surface area contributed by atoms with Crippen LogP contribution in [0.25, 0.3) is 0 Å². The average molecular weight is 415 g/mol. The highest BCUT2D eigenvalue weighted by molar-refractivity contribution is 6.15. The Labute approximate surface area is 182 Å². The van der Waals surface area contributed by atoms with E-state index in [9.17, 15) is 14.4 Å². The highest BCUT2D eigenvalue weighted by atomic mass is 16.5. The quantitative estimate of drug-likeness (QED) is 0.453. The smallest absolute Gasteiger partial charge is 0.339 e. The number of hydrogen-bond donors (Lipinski definition) is 1. The zero-order valence-corrected chi connectivity index (χ0v) is 17.8. The lowest BCUT2D eigenvalue weighted by atomic mass is 9.94. The molecule has 0 aromatic heterocycles. The standard InChI is InChI=1S/C26H25NO4/c1-17-13-14-18(2)23(15-17)25(29)21-11-7-8-12-22(21)26(30)31-16-24(28)27-19(3)20-9-5-4-6-10-20/h4-15,19H,16H2,1-3H3,(H,27,28)/t19-/m0/s1. The Balaban J connectivity index is 1.69. The molecule has 1 amide bonds. The number of esters is 1. The summed E-state index contributed by atoms with van der Waals surface area (Å²) in [5.41, 5.74) is 3.66. The van der Waals surface area contributed by atoms with Crippen LogP contribution >= 0.6 is 0 Å². The fourth-order valence-electron chi connectivity index (χ4n) is 3.30. The van der Waals surface area contributed by atoms with Gasteiger partial charge in [-0.3, -0.25) is 9.59 Å². The molecule has 0 aliphatic rings. The van der Waals surface area contributed by atoms with Crippen molar-refractivity contribution < 1.29 is 19.1 Å². The molecule has 1 N–H and O–H groups in total. The lowest BCUT2D eigenvalue weighted by Crippen LogP contribution is -2.31. The lowest BCUT2D eigenvalue weighted by Gasteiger charge is -2.15. The Kier molecular flexibility index (Phi) is 6.98. The van der Waals surface area contributed by atoms with E-state index >= 15 is 0 Å². The molecular formula is C26H25NO4. The van der Waals surface area contributed by atoms with Gasteiger partial charge in [-0.2, -0.15) is 0 Å². The van der Waals surface area contributed by atoms with Crippen molar-refractivity contribution in [2.24, 2.45) is 0 Å². The van der Waals surface area contributed by atoms with Gasteiger partial charge < -0.3 is 10.1 Å². The van der Waals surface area contributed by atoms with E-state index < -0.39 is 18.5 Å². The molecule has 5 nitrogen and oxygen atoms in total. The summed E-state index contributed by atoms with van der Waals surface area (Å²) in [7, 11) is 0. The second kappa shape index (κ2) is 9.85. The molecule has 1 atom stereocenters. The molecule has 0 saturated carbocycles. The highest BCUT2D eigenvalue weighted by Crippen LogP contribution is 2.19. The molecule has 0 aliphatic carbocycles. The van der Waals surface area contributed by atoms with E-state index in [4.69, 9.17) is 4.74 Å². The molecule has 31 heavy (non-hydrogen) atoms. The van der Waals surface area contributed by atoms with Gasteiger partial charge in [0.25, 0.3) is 5.91 Å². The third kappa shape index (κ3) is 5.45. The van der Waals surface area contributed by atoms with Crippen molar-refractivity contribution in [3.8, 4) is 0 Å². The number of aryl methyl sites for hydroxylation is 2. The van der Waals surface area contributed by atoms with Crippen molar-refractivity contribution in [2.45, 2.75) is 26.8 Å². The van der Waals surface area contributed by atoms with Crippen molar-refractivity contribution in [3.05, 3.63) is 106 Å². The molecule has 3 aromatic rings. The number of hydrogen-bond acceptors (Lipinski definition) is 4. The van der Waals surface area contributed by atoms with E-state index in [-0.39, 0.29) is 23.0 Å². The van der Waals surface area contributed by atoms with Crippen LogP contribution in [0.5, 0.6) is 0 Å². The maximum absolute atomic E-state index is 13.1. The Hall–Kier alpha value is -3.73. The maximum Gasteiger partial charge on any atom is 0.339 e. The number of benzene rings is 3. The van der Waals surface area contributed by atoms with Crippen LogP contribution in [0.15, 0.2) is 72.8 Å². The van der Waals surface area contributed by atoms with Crippen molar-refractivity contribution in [1.82, 2.24) is 5.32 Å². The van der Waals surface area contributed by atoms with Crippen molar-refractivity contribution in [1.29, 1.82) is 0 Å². The van der Waals surface area contributed by atoms with Crippen LogP contribution in [0.4, 0.5) is 0 Å². The minimum atomic E-state index is -0.711. The molecule has 0 saturated heterocycles. The molecular weight excluding hydrogens is 390 g/mol. The van der Waals surface area contributed by atoms with Crippen LogP contribution in [-0.2, 0) is 9.53 Å². The normalized spacial score (nSPS) is 11.5. The molecule has 5 heteroatoms. The Morgan fingerprint density at radius 1 is 0.839 bits per heavy atom. The second-order valence-electron chi connectivity index (χ2n) is 7.47. The van der Waals surface area contributed by atoms with Gasteiger partial charge in [0.05, 0.1) is 11.6 Å². The summed E-state index contributed by atoms with van der Waals surface area (Å²) in [6.07, 6.45) is 0. The van der Waals surface area contributed by atoms with Crippen molar-refractivity contribution in [2.75, 3.05) is 6.61 Å². The highest BCUT2D eigenvalue weighted by Gasteiger charge is 2.21. The van der Waals surface area contributed by atoms with Gasteiger partial charge in [-0.1, -0.05) is 66.2 Å². The summed E-state index contributed by atoms with van der Waals surface area (Å²) in [6, 6.07) is 21.4. The molecule has 0 radical (unpaired) electrons. The van der Waals surface area contributed by atoms with Crippen LogP contribution in [0.2, 0.25) is 0 Å². The first-order chi connectivity index (χ1) is 14.9. The van der Waals surface area contributed by atoms with Crippen molar-refractivity contribution >= 4 is 17.7 Å². The molecule has 3 rings (SSSR count). The molecule has 158 valence electrons. The van der Waals surface area contributed by atoms with Gasteiger partial charge in [-0.05, 0) is 44.0 Å². The Bertz CT molecular complexity index is 1110. The van der Waals surface area contributed by atoms with Crippen LogP contribution in [0.3, 0.4) is 0 Å². The summed E-state index contributed by atoms with van der Waals surface area (Å²) in [5.74, 6) is -1.38. The molecule has 3 aromatic carbocycles. The number of rotatable bonds is 7. The fraction of sp³-hybridized carbons (Fsp3) is 0.192. The van der Waals surface area contributed by atoms with Gasteiger partial charge in [0.2, 0.25) is 0 Å². The zero-order chi connectivity index (χ0) is 22.4. The van der Waals surface area contributed by atoms with E-state index in [2.05, 4.69) is 5.32 Å². The van der Waals surface area contributed by atoms with Crippen LogP contribution < -0.4 is 5.32 Å². The summed E-state index contributed by atoms with van der Waals surface area (Å²) in [4.78, 5) is 38.0. The third-order valence-corrected chi connectivity index (χ3v) is 5.04. The number of carbonyl (C=O) groups excluding carboxylic acids is 3. The first-order valence-corrected chi connectivity index (χ1v) is 10.1. The molecule has 0 heterocycles. The first-order valence-electron chi connectivity index (χ1n) is 10.1. The summed E-state index contributed by atoms with van der Waals surface area (Å²) >= 11 is 0. The predicted octanol–water partition coefficient (Wildman–Crippen LogP) is 4.57. The second-order valence-corrected chi connectivity index (χ2v) is 7.47. The Morgan fingerprint density at radius 2 is 1.48 bits per heavy atom. The molecule has 0 spiro atoms. The number of amides is 1. The first kappa shape index (κ1) is 22.0. The van der Waals surface area contributed by atoms with E-state index in [1.807, 2.05) is 63.2 Å². The molecule has 0 unspecified atom stereocenters. The summed E-state index contributed by atoms with van der Waals surface area (Å²) < 4.78 is 5.20. The zero-order valence-electron chi connectivity index (χ0n) is 17.8. The van der Waals surface area contributed by atoms with E-state index in [0.717, 1.165) is 16.7 Å². The lowest BCUT2D eigenvalue weighted by molar-refractivity contribution is -0.124. The van der Waals surface area contributed by atoms with Gasteiger partial charge in [-0.25, -0.2) is 4.79 Å². The van der Waals surface area contributed by atoms with E-state index in [1.54, 1.807) is 24.3 Å². The SMILES string of the molecule is Cc1ccc(C)c(C(=O)c2ccccc2C(=O)OCC(=O)N[C@@H](C)c2ccccc2)c1. The topological polar surface area (TPSA) is 72.5 Å². The van der Waals surface area contributed by atoms with Gasteiger partial charge in [0.1, 0.15) is 0 Å². The average Bonchev–Trinajstić information content (AvgIpc) is 2.79. The molecule has 0 fully saturated rings. The molecule has 0 aliphatic heterocycles. The van der Waals surface area contributed by atoms with Gasteiger partial charge in [0.15, 0.2) is 12.4 Å². The maximum atomic E-state index is 13.1. The van der Waals surface area contributed by atoms with Crippen LogP contribution in [0.1, 0.15) is 55.9 Å². The fourth-order valence-corrected chi connectivity index (χ4v) is 3.30. The minimum absolute atomic E-state index is 0.136. The number of ether oxygens (including phenoxy) is 1. The monoisotopic (exact) mass is 415 g/mol. The van der Waals surface area contributed by atoms with Gasteiger partial charge >= 0.3 is 5.97 Å². The molecule has 0 bridgehead atoms. The van der Waals surface area contributed by atoms with Crippen LogP contribution in [0, 0.1) is 13.8 Å². The number of ketones is 1. The largest absolute Gasteiger partial charge is 0.452 e. The minimum Gasteiger partial charge on any atom is -0.452 e. The van der Waals surface area contributed by atoms with E-state index in [1.165, 1.54) is 6.07 Å². The number of carbonyl (C=O) groups is 3. The Morgan fingerprint density at radius 3 is 2.19 bits per heavy atom.